The Bertz CT molecular complexity index is 930. The van der Waals surface area contributed by atoms with Crippen molar-refractivity contribution in [3.8, 4) is 0 Å². The second-order valence-electron chi connectivity index (χ2n) is 5.63. The molecule has 3 rings (SSSR count). The van der Waals surface area contributed by atoms with E-state index in [4.69, 9.17) is 11.6 Å². The smallest absolute Gasteiger partial charge is 0.256 e. The number of hydrogen-bond acceptors (Lipinski definition) is 3. The Kier molecular flexibility index (Phi) is 3.82. The molecule has 2 heterocycles. The van der Waals surface area contributed by atoms with Gasteiger partial charge in [0.1, 0.15) is 0 Å². The number of carbonyl (C=O) groups is 1. The lowest BCUT2D eigenvalue weighted by Crippen LogP contribution is -2.14. The van der Waals surface area contributed by atoms with Crippen LogP contribution in [-0.4, -0.2) is 20.7 Å². The van der Waals surface area contributed by atoms with Crippen LogP contribution in [0.3, 0.4) is 0 Å². The van der Waals surface area contributed by atoms with Crippen LogP contribution in [0.25, 0.3) is 11.0 Å². The maximum Gasteiger partial charge on any atom is 0.256 e. The highest BCUT2D eigenvalue weighted by Gasteiger charge is 2.18. The van der Waals surface area contributed by atoms with Crippen molar-refractivity contribution in [1.82, 2.24) is 14.8 Å². The lowest BCUT2D eigenvalue weighted by Gasteiger charge is -2.10. The number of benzene rings is 1. The van der Waals surface area contributed by atoms with Gasteiger partial charge in [0, 0.05) is 23.5 Å². The van der Waals surface area contributed by atoms with Gasteiger partial charge in [0.25, 0.3) is 5.91 Å². The normalized spacial score (nSPS) is 11.0. The molecular formula is C17H17ClN4O. The fourth-order valence-corrected chi connectivity index (χ4v) is 2.93. The van der Waals surface area contributed by atoms with Crippen LogP contribution in [0.2, 0.25) is 5.02 Å². The lowest BCUT2D eigenvalue weighted by atomic mass is 10.1. The van der Waals surface area contributed by atoms with Crippen LogP contribution < -0.4 is 5.32 Å². The summed E-state index contributed by atoms with van der Waals surface area (Å²) in [6.07, 6.45) is 0. The number of aromatic nitrogens is 3. The number of halogens is 1. The zero-order chi connectivity index (χ0) is 16.7. The Labute approximate surface area is 139 Å². The Hall–Kier alpha value is -2.40. The molecule has 0 aliphatic carbocycles. The summed E-state index contributed by atoms with van der Waals surface area (Å²) in [4.78, 5) is 17.2. The summed E-state index contributed by atoms with van der Waals surface area (Å²) in [5.74, 6) is -0.179. The third-order valence-corrected chi connectivity index (χ3v) is 4.01. The molecular weight excluding hydrogens is 312 g/mol. The monoisotopic (exact) mass is 328 g/mol. The predicted octanol–water partition coefficient (Wildman–Crippen LogP) is 3.80. The van der Waals surface area contributed by atoms with Crippen molar-refractivity contribution < 1.29 is 4.79 Å². The highest BCUT2D eigenvalue weighted by Crippen LogP contribution is 2.24. The van der Waals surface area contributed by atoms with E-state index in [-0.39, 0.29) is 5.91 Å². The molecule has 6 heteroatoms. The second kappa shape index (κ2) is 5.66. The van der Waals surface area contributed by atoms with E-state index in [1.165, 1.54) is 0 Å². The van der Waals surface area contributed by atoms with E-state index in [1.807, 2.05) is 33.9 Å². The molecule has 0 radical (unpaired) electrons. The molecule has 0 atom stereocenters. The van der Waals surface area contributed by atoms with Gasteiger partial charge in [-0.15, -0.1) is 0 Å². The first-order valence-corrected chi connectivity index (χ1v) is 7.63. The fourth-order valence-electron chi connectivity index (χ4n) is 2.71. The van der Waals surface area contributed by atoms with Crippen molar-refractivity contribution in [3.05, 3.63) is 51.8 Å². The number of rotatable bonds is 2. The van der Waals surface area contributed by atoms with Crippen molar-refractivity contribution in [2.45, 2.75) is 20.8 Å². The zero-order valence-corrected chi connectivity index (χ0v) is 14.2. The molecule has 0 bridgehead atoms. The van der Waals surface area contributed by atoms with Crippen LogP contribution >= 0.6 is 11.6 Å². The number of hydrogen-bond donors (Lipinski definition) is 1. The molecule has 3 aromatic rings. The summed E-state index contributed by atoms with van der Waals surface area (Å²) >= 11 is 5.96. The van der Waals surface area contributed by atoms with E-state index in [9.17, 15) is 4.79 Å². The van der Waals surface area contributed by atoms with Crippen LogP contribution in [0.4, 0.5) is 5.69 Å². The summed E-state index contributed by atoms with van der Waals surface area (Å²) in [5, 5.41) is 8.74. The van der Waals surface area contributed by atoms with Crippen LogP contribution in [0.15, 0.2) is 24.3 Å². The summed E-state index contributed by atoms with van der Waals surface area (Å²) in [6.45, 7) is 5.65. The molecule has 1 aromatic carbocycles. The first-order valence-electron chi connectivity index (χ1n) is 7.25. The highest BCUT2D eigenvalue weighted by molar-refractivity contribution is 6.30. The fraction of sp³-hybridized carbons (Fsp3) is 0.235. The number of fused-ring (bicyclic) bond motifs is 1. The first-order chi connectivity index (χ1) is 10.9. The number of carbonyl (C=O) groups excluding carboxylic acids is 1. The van der Waals surface area contributed by atoms with Gasteiger partial charge in [0.2, 0.25) is 0 Å². The van der Waals surface area contributed by atoms with Gasteiger partial charge in [0.15, 0.2) is 5.65 Å². The molecule has 0 spiro atoms. The molecule has 23 heavy (non-hydrogen) atoms. The number of amides is 1. The number of nitrogens with one attached hydrogen (secondary N) is 1. The van der Waals surface area contributed by atoms with Gasteiger partial charge in [0.05, 0.1) is 16.6 Å². The molecule has 1 N–H and O–H groups in total. The largest absolute Gasteiger partial charge is 0.322 e. The maximum absolute atomic E-state index is 12.8. The van der Waals surface area contributed by atoms with Gasteiger partial charge in [-0.2, -0.15) is 5.10 Å². The van der Waals surface area contributed by atoms with Crippen LogP contribution in [0, 0.1) is 20.8 Å². The van der Waals surface area contributed by atoms with E-state index in [2.05, 4.69) is 15.4 Å². The van der Waals surface area contributed by atoms with Gasteiger partial charge in [-0.25, -0.2) is 4.98 Å². The quantitative estimate of drug-likeness (QED) is 0.778. The molecule has 0 saturated heterocycles. The third-order valence-electron chi connectivity index (χ3n) is 3.78. The average Bonchev–Trinajstić information content (AvgIpc) is 2.76. The van der Waals surface area contributed by atoms with E-state index in [0.717, 1.165) is 28.0 Å². The van der Waals surface area contributed by atoms with Crippen molar-refractivity contribution >= 4 is 34.2 Å². The SMILES string of the molecule is Cc1cc(C(=O)Nc2ccc(Cl)cc2C)c2c(C)nn(C)c2n1. The maximum atomic E-state index is 12.8. The van der Waals surface area contributed by atoms with Crippen molar-refractivity contribution in [2.24, 2.45) is 7.05 Å². The summed E-state index contributed by atoms with van der Waals surface area (Å²) in [6, 6.07) is 7.17. The molecule has 0 unspecified atom stereocenters. The van der Waals surface area contributed by atoms with E-state index < -0.39 is 0 Å². The highest BCUT2D eigenvalue weighted by atomic mass is 35.5. The molecule has 1 amide bonds. The summed E-state index contributed by atoms with van der Waals surface area (Å²) < 4.78 is 1.70. The Morgan fingerprint density at radius 2 is 1.96 bits per heavy atom. The number of aryl methyl sites for hydroxylation is 4. The van der Waals surface area contributed by atoms with Crippen molar-refractivity contribution in [3.63, 3.8) is 0 Å². The molecule has 2 aromatic heterocycles. The van der Waals surface area contributed by atoms with Crippen LogP contribution in [0.5, 0.6) is 0 Å². The second-order valence-corrected chi connectivity index (χ2v) is 6.07. The molecule has 118 valence electrons. The molecule has 5 nitrogen and oxygen atoms in total. The molecule has 0 aliphatic heterocycles. The number of pyridine rings is 1. The number of anilines is 1. The van der Waals surface area contributed by atoms with Gasteiger partial charge in [-0.05, 0) is 50.6 Å². The molecule has 0 saturated carbocycles. The van der Waals surface area contributed by atoms with Crippen LogP contribution in [-0.2, 0) is 7.05 Å². The minimum absolute atomic E-state index is 0.179. The van der Waals surface area contributed by atoms with Crippen LogP contribution in [0.1, 0.15) is 27.3 Å². The van der Waals surface area contributed by atoms with E-state index in [0.29, 0.717) is 16.2 Å². The first kappa shape index (κ1) is 15.5. The minimum atomic E-state index is -0.179. The van der Waals surface area contributed by atoms with Gasteiger partial charge in [-0.3, -0.25) is 9.48 Å². The van der Waals surface area contributed by atoms with Gasteiger partial charge >= 0.3 is 0 Å². The van der Waals surface area contributed by atoms with Crippen molar-refractivity contribution in [1.29, 1.82) is 0 Å². The Morgan fingerprint density at radius 1 is 1.22 bits per heavy atom. The van der Waals surface area contributed by atoms with Crippen molar-refractivity contribution in [2.75, 3.05) is 5.32 Å². The molecule has 0 fully saturated rings. The standard InChI is InChI=1S/C17H17ClN4O/c1-9-7-12(18)5-6-14(9)20-17(23)13-8-10(2)19-16-15(13)11(3)21-22(16)4/h5-8H,1-4H3,(H,20,23). The number of nitrogens with zero attached hydrogens (tertiary/aromatic N) is 3. The van der Waals surface area contributed by atoms with Gasteiger partial charge < -0.3 is 5.32 Å². The van der Waals surface area contributed by atoms with E-state index >= 15 is 0 Å². The topological polar surface area (TPSA) is 59.8 Å². The zero-order valence-electron chi connectivity index (χ0n) is 13.4. The summed E-state index contributed by atoms with van der Waals surface area (Å²) in [7, 11) is 1.83. The molecule has 0 aliphatic rings. The average molecular weight is 329 g/mol. The minimum Gasteiger partial charge on any atom is -0.322 e. The Balaban J connectivity index is 2.07. The predicted molar refractivity (Wildman–Crippen MR) is 92.1 cm³/mol. The third kappa shape index (κ3) is 2.80. The lowest BCUT2D eigenvalue weighted by molar-refractivity contribution is 0.102. The van der Waals surface area contributed by atoms with E-state index in [1.54, 1.807) is 22.9 Å². The summed E-state index contributed by atoms with van der Waals surface area (Å²) in [5.41, 5.74) is 4.50. The Morgan fingerprint density at radius 3 is 2.65 bits per heavy atom. The van der Waals surface area contributed by atoms with Gasteiger partial charge in [-0.1, -0.05) is 11.6 Å².